The molecule has 2 aromatic carbocycles. The average molecular weight is 379 g/mol. The van der Waals surface area contributed by atoms with Gasteiger partial charge in [-0.2, -0.15) is 10.2 Å². The Balaban J connectivity index is 1.60. The minimum absolute atomic E-state index is 0.0260. The fourth-order valence-corrected chi connectivity index (χ4v) is 2.35. The molecule has 2 N–H and O–H groups in total. The van der Waals surface area contributed by atoms with E-state index in [0.717, 1.165) is 0 Å². The molecule has 0 saturated heterocycles. The third kappa shape index (κ3) is 4.52. The fourth-order valence-electron chi connectivity index (χ4n) is 2.35. The molecule has 1 aromatic heterocycles. The number of nitro groups is 1. The molecule has 0 bridgehead atoms. The summed E-state index contributed by atoms with van der Waals surface area (Å²) in [5.41, 5.74) is 4.03. The van der Waals surface area contributed by atoms with Crippen molar-refractivity contribution in [3.05, 3.63) is 87.9 Å². The number of halogens is 1. The second kappa shape index (κ2) is 8.49. The van der Waals surface area contributed by atoms with E-state index in [2.05, 4.69) is 20.7 Å². The Labute approximate surface area is 158 Å². The maximum Gasteiger partial charge on any atom is 0.289 e. The zero-order valence-corrected chi connectivity index (χ0v) is 14.4. The van der Waals surface area contributed by atoms with Crippen LogP contribution in [0.1, 0.15) is 16.1 Å². The number of nitrogens with zero attached hydrogens (tertiary/aromatic N) is 3. The molecule has 140 valence electrons. The summed E-state index contributed by atoms with van der Waals surface area (Å²) in [5.74, 6) is -0.878. The number of carbonyl (C=O) groups is 1. The summed E-state index contributed by atoms with van der Waals surface area (Å²) < 4.78 is 13.0. The van der Waals surface area contributed by atoms with Gasteiger partial charge in [0.05, 0.1) is 16.2 Å². The smallest absolute Gasteiger partial charge is 0.272 e. The minimum atomic E-state index is -0.517. The van der Waals surface area contributed by atoms with Crippen molar-refractivity contribution in [1.29, 1.82) is 0 Å². The summed E-state index contributed by atoms with van der Waals surface area (Å²) in [5, 5.41) is 21.3. The van der Waals surface area contributed by atoms with Gasteiger partial charge in [0.1, 0.15) is 11.5 Å². The Morgan fingerprint density at radius 1 is 1.21 bits per heavy atom. The van der Waals surface area contributed by atoms with Crippen molar-refractivity contribution in [2.45, 2.75) is 0 Å². The normalized spacial score (nSPS) is 11.2. The lowest BCUT2D eigenvalue weighted by molar-refractivity contribution is -0.385. The molecule has 1 amide bonds. The molecular formula is C19H14FN5O3. The number of para-hydroxylation sites is 1. The number of hydrogen-bond donors (Lipinski definition) is 2. The summed E-state index contributed by atoms with van der Waals surface area (Å²) in [7, 11) is 0. The number of aromatic amines is 1. The van der Waals surface area contributed by atoms with Crippen molar-refractivity contribution in [2.75, 3.05) is 0 Å². The molecule has 3 aromatic rings. The Morgan fingerprint density at radius 2 is 1.96 bits per heavy atom. The van der Waals surface area contributed by atoms with Gasteiger partial charge in [-0.25, -0.2) is 9.82 Å². The van der Waals surface area contributed by atoms with Gasteiger partial charge in [-0.1, -0.05) is 12.1 Å². The highest BCUT2D eigenvalue weighted by molar-refractivity contribution is 5.94. The molecule has 3 rings (SSSR count). The van der Waals surface area contributed by atoms with Gasteiger partial charge in [0.2, 0.25) is 0 Å². The van der Waals surface area contributed by atoms with E-state index in [-0.39, 0.29) is 17.2 Å². The minimum Gasteiger partial charge on any atom is -0.272 e. The number of nitrogens with one attached hydrogen (secondary N) is 2. The fraction of sp³-hybridized carbons (Fsp3) is 0. The maximum absolute atomic E-state index is 13.0. The predicted molar refractivity (Wildman–Crippen MR) is 102 cm³/mol. The highest BCUT2D eigenvalue weighted by Gasteiger charge is 2.10. The first-order chi connectivity index (χ1) is 13.5. The zero-order valence-electron chi connectivity index (χ0n) is 14.4. The van der Waals surface area contributed by atoms with Crippen LogP contribution < -0.4 is 5.43 Å². The van der Waals surface area contributed by atoms with Crippen molar-refractivity contribution in [3.63, 3.8) is 0 Å². The van der Waals surface area contributed by atoms with Crippen LogP contribution >= 0.6 is 0 Å². The summed E-state index contributed by atoms with van der Waals surface area (Å²) in [6.07, 6.45) is 4.28. The molecule has 8 nitrogen and oxygen atoms in total. The largest absolute Gasteiger partial charge is 0.289 e. The van der Waals surface area contributed by atoms with Gasteiger partial charge < -0.3 is 0 Å². The molecule has 9 heteroatoms. The zero-order chi connectivity index (χ0) is 19.9. The Hall–Kier alpha value is -4.14. The van der Waals surface area contributed by atoms with Crippen molar-refractivity contribution in [1.82, 2.24) is 15.6 Å². The first-order valence-electron chi connectivity index (χ1n) is 8.09. The quantitative estimate of drug-likeness (QED) is 0.387. The number of H-pyrrole nitrogens is 1. The van der Waals surface area contributed by atoms with Crippen LogP contribution in [0.15, 0.2) is 65.8 Å². The van der Waals surface area contributed by atoms with Crippen LogP contribution in [0.2, 0.25) is 0 Å². The number of hydrogen-bond acceptors (Lipinski definition) is 5. The molecular weight excluding hydrogens is 365 g/mol. The van der Waals surface area contributed by atoms with Gasteiger partial charge in [-0.3, -0.25) is 20.0 Å². The lowest BCUT2D eigenvalue weighted by atomic mass is 10.1. The number of carbonyl (C=O) groups excluding carboxylic acids is 1. The second-order valence-corrected chi connectivity index (χ2v) is 5.57. The molecule has 1 heterocycles. The monoisotopic (exact) mass is 379 g/mol. The third-order valence-corrected chi connectivity index (χ3v) is 3.70. The van der Waals surface area contributed by atoms with Crippen molar-refractivity contribution in [2.24, 2.45) is 5.10 Å². The summed E-state index contributed by atoms with van der Waals surface area (Å²) in [4.78, 5) is 22.5. The molecule has 0 aliphatic carbocycles. The van der Waals surface area contributed by atoms with E-state index >= 15 is 0 Å². The summed E-state index contributed by atoms with van der Waals surface area (Å²) in [6, 6.07) is 13.5. The number of aromatic nitrogens is 2. The number of hydrazone groups is 1. The lowest BCUT2D eigenvalue weighted by Gasteiger charge is -1.96. The van der Waals surface area contributed by atoms with Crippen molar-refractivity contribution < 1.29 is 14.1 Å². The van der Waals surface area contributed by atoms with E-state index in [0.29, 0.717) is 16.8 Å². The van der Waals surface area contributed by atoms with Crippen LogP contribution in [0.4, 0.5) is 10.1 Å². The number of benzene rings is 2. The Morgan fingerprint density at radius 3 is 2.71 bits per heavy atom. The number of allylic oxidation sites excluding steroid dienone is 1. The van der Waals surface area contributed by atoms with Crippen LogP contribution in [0, 0.1) is 15.9 Å². The van der Waals surface area contributed by atoms with Gasteiger partial charge in [-0.15, -0.1) is 0 Å². The van der Waals surface area contributed by atoms with E-state index in [1.54, 1.807) is 30.3 Å². The molecule has 0 spiro atoms. The molecule has 0 atom stereocenters. The lowest BCUT2D eigenvalue weighted by Crippen LogP contribution is -2.17. The highest BCUT2D eigenvalue weighted by Crippen LogP contribution is 2.19. The highest BCUT2D eigenvalue weighted by atomic mass is 19.1. The Bertz CT molecular complexity index is 1060. The summed E-state index contributed by atoms with van der Waals surface area (Å²) >= 11 is 0. The Kier molecular flexibility index (Phi) is 5.66. The number of nitro benzene ring substituents is 1. The van der Waals surface area contributed by atoms with E-state index in [4.69, 9.17) is 0 Å². The van der Waals surface area contributed by atoms with Crippen molar-refractivity contribution >= 4 is 23.9 Å². The van der Waals surface area contributed by atoms with Crippen LogP contribution in [-0.4, -0.2) is 27.2 Å². The van der Waals surface area contributed by atoms with E-state index in [9.17, 15) is 19.3 Å². The van der Waals surface area contributed by atoms with Crippen LogP contribution in [-0.2, 0) is 0 Å². The van der Waals surface area contributed by atoms with Crippen LogP contribution in [0.5, 0.6) is 0 Å². The molecule has 0 radical (unpaired) electrons. The topological polar surface area (TPSA) is 113 Å². The maximum atomic E-state index is 13.0. The molecule has 0 saturated carbocycles. The van der Waals surface area contributed by atoms with Gasteiger partial charge >= 0.3 is 0 Å². The molecule has 28 heavy (non-hydrogen) atoms. The van der Waals surface area contributed by atoms with Gasteiger partial charge in [-0.05, 0) is 48.6 Å². The molecule has 0 unspecified atom stereocenters. The predicted octanol–water partition coefficient (Wildman–Crippen LogP) is 3.55. The van der Waals surface area contributed by atoms with Crippen LogP contribution in [0.25, 0.3) is 17.3 Å². The first kappa shape index (κ1) is 18.6. The van der Waals surface area contributed by atoms with Gasteiger partial charge in [0.25, 0.3) is 11.6 Å². The second-order valence-electron chi connectivity index (χ2n) is 5.57. The van der Waals surface area contributed by atoms with Gasteiger partial charge in [0, 0.05) is 17.8 Å². The average Bonchev–Trinajstić information content (AvgIpc) is 3.18. The van der Waals surface area contributed by atoms with Crippen LogP contribution in [0.3, 0.4) is 0 Å². The van der Waals surface area contributed by atoms with E-state index in [1.807, 2.05) is 0 Å². The number of rotatable bonds is 6. The summed E-state index contributed by atoms with van der Waals surface area (Å²) in [6.45, 7) is 0. The SMILES string of the molecule is O=C(N/N=C/C=C/c1ccccc1[N+](=O)[O-])c1cc(-c2ccc(F)cc2)n[nH]1. The first-order valence-corrected chi connectivity index (χ1v) is 8.09. The standard InChI is InChI=1S/C19H14FN5O3/c20-15-9-7-13(8-10-15)16-12-17(23-22-16)19(26)24-21-11-3-5-14-4-1-2-6-18(14)25(27)28/h1-12H,(H,22,23)(H,24,26)/b5-3+,21-11+. The number of amides is 1. The third-order valence-electron chi connectivity index (χ3n) is 3.70. The molecule has 0 aliphatic rings. The van der Waals surface area contributed by atoms with Gasteiger partial charge in [0.15, 0.2) is 0 Å². The van der Waals surface area contributed by atoms with E-state index in [1.165, 1.54) is 42.6 Å². The van der Waals surface area contributed by atoms with Crippen molar-refractivity contribution in [3.8, 4) is 11.3 Å². The van der Waals surface area contributed by atoms with E-state index < -0.39 is 10.8 Å². The molecule has 0 aliphatic heterocycles. The molecule has 0 fully saturated rings.